The van der Waals surface area contributed by atoms with E-state index in [1.807, 2.05) is 6.08 Å². The fourth-order valence-corrected chi connectivity index (χ4v) is 1.78. The maximum Gasteiger partial charge on any atom is 0.317 e. The van der Waals surface area contributed by atoms with Crippen molar-refractivity contribution in [3.05, 3.63) is 23.8 Å². The molecule has 1 fully saturated rings. The minimum atomic E-state index is -0.389. The number of carbonyl (C=O) groups is 2. The van der Waals surface area contributed by atoms with Crippen LogP contribution >= 0.6 is 0 Å². The average molecular weight is 192 g/mol. The van der Waals surface area contributed by atoms with Crippen LogP contribution in [0.5, 0.6) is 0 Å². The topological polar surface area (TPSA) is 43.4 Å². The zero-order chi connectivity index (χ0) is 9.97. The van der Waals surface area contributed by atoms with Gasteiger partial charge in [0.1, 0.15) is 0 Å². The van der Waals surface area contributed by atoms with Crippen LogP contribution in [0.1, 0.15) is 25.7 Å². The molecule has 74 valence electrons. The highest BCUT2D eigenvalue weighted by atomic mass is 16.6. The molecule has 0 bridgehead atoms. The van der Waals surface area contributed by atoms with E-state index in [0.29, 0.717) is 6.42 Å². The first-order valence-corrected chi connectivity index (χ1v) is 4.86. The van der Waals surface area contributed by atoms with Gasteiger partial charge < -0.3 is 4.74 Å². The monoisotopic (exact) mass is 192 g/mol. The lowest BCUT2D eigenvalue weighted by atomic mass is 9.94. The van der Waals surface area contributed by atoms with Gasteiger partial charge >= 0.3 is 11.9 Å². The Morgan fingerprint density at radius 3 is 2.79 bits per heavy atom. The van der Waals surface area contributed by atoms with Gasteiger partial charge in [-0.2, -0.15) is 0 Å². The standard InChI is InChI=1S/C11H12O3/c12-10-7-9(11(13)14-10)6-8-4-2-1-3-5-8/h2,4-5,9H,1,3,6-7H2. The van der Waals surface area contributed by atoms with Gasteiger partial charge in [-0.1, -0.05) is 23.8 Å². The highest BCUT2D eigenvalue weighted by Gasteiger charge is 2.33. The van der Waals surface area contributed by atoms with E-state index in [1.165, 1.54) is 0 Å². The Hall–Kier alpha value is -1.38. The lowest BCUT2D eigenvalue weighted by Crippen LogP contribution is -2.08. The van der Waals surface area contributed by atoms with Gasteiger partial charge in [-0.25, -0.2) is 0 Å². The van der Waals surface area contributed by atoms with Gasteiger partial charge in [-0.05, 0) is 19.3 Å². The van der Waals surface area contributed by atoms with Crippen molar-refractivity contribution in [3.63, 3.8) is 0 Å². The SMILES string of the molecule is O=C1CC(CC2=CCCC=C2)C(=O)O1. The fourth-order valence-electron chi connectivity index (χ4n) is 1.78. The van der Waals surface area contributed by atoms with Crippen LogP contribution in [0.3, 0.4) is 0 Å². The van der Waals surface area contributed by atoms with Gasteiger partial charge in [0, 0.05) is 0 Å². The van der Waals surface area contributed by atoms with E-state index in [1.54, 1.807) is 0 Å². The quantitative estimate of drug-likeness (QED) is 0.494. The second kappa shape index (κ2) is 3.78. The Bertz CT molecular complexity index is 325. The smallest absolute Gasteiger partial charge is 0.317 e. The van der Waals surface area contributed by atoms with Crippen molar-refractivity contribution in [2.45, 2.75) is 25.7 Å². The zero-order valence-electron chi connectivity index (χ0n) is 7.86. The molecule has 1 aliphatic carbocycles. The molecule has 1 atom stereocenters. The molecule has 0 radical (unpaired) electrons. The summed E-state index contributed by atoms with van der Waals surface area (Å²) in [5.41, 5.74) is 1.15. The van der Waals surface area contributed by atoms with Crippen molar-refractivity contribution in [3.8, 4) is 0 Å². The normalized spacial score (nSPS) is 26.3. The number of allylic oxidation sites excluding steroid dienone is 4. The zero-order valence-corrected chi connectivity index (χ0v) is 7.86. The third-order valence-electron chi connectivity index (χ3n) is 2.51. The summed E-state index contributed by atoms with van der Waals surface area (Å²) in [6.07, 6.45) is 9.22. The number of cyclic esters (lactones) is 2. The summed E-state index contributed by atoms with van der Waals surface area (Å²) in [7, 11) is 0. The van der Waals surface area contributed by atoms with Crippen LogP contribution in [0.4, 0.5) is 0 Å². The van der Waals surface area contributed by atoms with Crippen molar-refractivity contribution >= 4 is 11.9 Å². The van der Waals surface area contributed by atoms with E-state index in [4.69, 9.17) is 0 Å². The maximum atomic E-state index is 11.2. The predicted molar refractivity (Wildman–Crippen MR) is 50.3 cm³/mol. The van der Waals surface area contributed by atoms with E-state index in [2.05, 4.69) is 16.9 Å². The van der Waals surface area contributed by atoms with E-state index >= 15 is 0 Å². The lowest BCUT2D eigenvalue weighted by Gasteiger charge is -2.08. The number of esters is 2. The van der Waals surface area contributed by atoms with Gasteiger partial charge in [0.15, 0.2) is 0 Å². The number of rotatable bonds is 2. The molecule has 0 N–H and O–H groups in total. The summed E-state index contributed by atoms with van der Waals surface area (Å²) in [6.45, 7) is 0. The summed E-state index contributed by atoms with van der Waals surface area (Å²) in [5.74, 6) is -1.01. The molecule has 1 unspecified atom stereocenters. The third-order valence-corrected chi connectivity index (χ3v) is 2.51. The van der Waals surface area contributed by atoms with E-state index in [-0.39, 0.29) is 24.3 Å². The highest BCUT2D eigenvalue weighted by molar-refractivity contribution is 5.94. The summed E-state index contributed by atoms with van der Waals surface area (Å²) >= 11 is 0. The van der Waals surface area contributed by atoms with E-state index in [9.17, 15) is 9.59 Å². The number of hydrogen-bond acceptors (Lipinski definition) is 3. The molecule has 0 aromatic heterocycles. The van der Waals surface area contributed by atoms with Crippen LogP contribution in [0.2, 0.25) is 0 Å². The molecule has 1 aliphatic heterocycles. The molecule has 2 rings (SSSR count). The number of carbonyl (C=O) groups excluding carboxylic acids is 2. The Morgan fingerprint density at radius 1 is 1.36 bits per heavy atom. The molecule has 1 saturated heterocycles. The minimum Gasteiger partial charge on any atom is -0.393 e. The summed E-state index contributed by atoms with van der Waals surface area (Å²) in [5, 5.41) is 0. The van der Waals surface area contributed by atoms with Gasteiger partial charge in [0.25, 0.3) is 0 Å². The Labute approximate surface area is 82.4 Å². The summed E-state index contributed by atoms with van der Waals surface area (Å²) < 4.78 is 4.49. The van der Waals surface area contributed by atoms with Gasteiger partial charge in [-0.3, -0.25) is 9.59 Å². The molecule has 3 heteroatoms. The minimum absolute atomic E-state index is 0.240. The van der Waals surface area contributed by atoms with Crippen molar-refractivity contribution in [2.24, 2.45) is 5.92 Å². The van der Waals surface area contributed by atoms with E-state index < -0.39 is 0 Å². The van der Waals surface area contributed by atoms with Crippen molar-refractivity contribution in [2.75, 3.05) is 0 Å². The van der Waals surface area contributed by atoms with Crippen molar-refractivity contribution in [1.82, 2.24) is 0 Å². The highest BCUT2D eigenvalue weighted by Crippen LogP contribution is 2.25. The molecule has 14 heavy (non-hydrogen) atoms. The molecule has 0 aromatic rings. The van der Waals surface area contributed by atoms with E-state index in [0.717, 1.165) is 18.4 Å². The Kier molecular flexibility index (Phi) is 2.48. The molecular weight excluding hydrogens is 180 g/mol. The Balaban J connectivity index is 1.97. The number of ether oxygens (including phenoxy) is 1. The van der Waals surface area contributed by atoms with Crippen LogP contribution in [0.25, 0.3) is 0 Å². The van der Waals surface area contributed by atoms with Crippen LogP contribution in [-0.4, -0.2) is 11.9 Å². The summed E-state index contributed by atoms with van der Waals surface area (Å²) in [6, 6.07) is 0. The molecule has 2 aliphatic rings. The molecule has 3 nitrogen and oxygen atoms in total. The third kappa shape index (κ3) is 1.92. The van der Waals surface area contributed by atoms with Crippen LogP contribution in [0, 0.1) is 5.92 Å². The summed E-state index contributed by atoms with van der Waals surface area (Å²) in [4.78, 5) is 22.0. The molecule has 0 spiro atoms. The first kappa shape index (κ1) is 9.19. The van der Waals surface area contributed by atoms with Crippen LogP contribution in [0.15, 0.2) is 23.8 Å². The molecule has 0 amide bonds. The second-order valence-electron chi connectivity index (χ2n) is 3.66. The van der Waals surface area contributed by atoms with Crippen molar-refractivity contribution in [1.29, 1.82) is 0 Å². The molecule has 0 saturated carbocycles. The fraction of sp³-hybridized carbons (Fsp3) is 0.455. The molecular formula is C11H12O3. The van der Waals surface area contributed by atoms with Crippen molar-refractivity contribution < 1.29 is 14.3 Å². The second-order valence-corrected chi connectivity index (χ2v) is 3.66. The predicted octanol–water partition coefficient (Wildman–Crippen LogP) is 1.74. The van der Waals surface area contributed by atoms with Gasteiger partial charge in [0.05, 0.1) is 12.3 Å². The first-order valence-electron chi connectivity index (χ1n) is 4.86. The van der Waals surface area contributed by atoms with Gasteiger partial charge in [0.2, 0.25) is 0 Å². The average Bonchev–Trinajstić information content (AvgIpc) is 2.47. The lowest BCUT2D eigenvalue weighted by molar-refractivity contribution is -0.153. The maximum absolute atomic E-state index is 11.2. The van der Waals surface area contributed by atoms with Gasteiger partial charge in [-0.15, -0.1) is 0 Å². The largest absolute Gasteiger partial charge is 0.393 e. The molecule has 0 aromatic carbocycles. The Morgan fingerprint density at radius 2 is 2.21 bits per heavy atom. The number of hydrogen-bond donors (Lipinski definition) is 0. The van der Waals surface area contributed by atoms with Crippen LogP contribution < -0.4 is 0 Å². The van der Waals surface area contributed by atoms with Crippen LogP contribution in [-0.2, 0) is 14.3 Å². The first-order chi connectivity index (χ1) is 6.75. The molecule has 1 heterocycles.